The molecule has 4 aromatic rings. The number of nitrogens with zero attached hydrogens (tertiary/aromatic N) is 7. The monoisotopic (exact) mass is 542 g/mol. The SMILES string of the molecule is CCC(=O)Cn1c(=O)c2c(ncn2C(C)C(=O)Nc2cccc(-c3ccc(N4CC5CC5C4)nc3)n2)n(C)c1=O. The molecule has 40 heavy (non-hydrogen) atoms. The Hall–Kier alpha value is -4.61. The Labute approximate surface area is 229 Å². The number of fused-ring (bicyclic) bond motifs is 2. The first-order chi connectivity index (χ1) is 19.2. The number of imidazole rings is 1. The molecule has 12 heteroatoms. The van der Waals surface area contributed by atoms with Crippen LogP contribution in [-0.2, 0) is 23.2 Å². The van der Waals surface area contributed by atoms with Crippen LogP contribution in [0, 0.1) is 11.8 Å². The topological polar surface area (TPSA) is 137 Å². The molecular weight excluding hydrogens is 512 g/mol. The van der Waals surface area contributed by atoms with Crippen molar-refractivity contribution in [3.63, 3.8) is 0 Å². The molecule has 3 unspecified atom stereocenters. The van der Waals surface area contributed by atoms with E-state index in [1.807, 2.05) is 18.2 Å². The Morgan fingerprint density at radius 2 is 1.88 bits per heavy atom. The fraction of sp³-hybridized carbons (Fsp3) is 0.393. The highest BCUT2D eigenvalue weighted by atomic mass is 16.2. The molecule has 0 aromatic carbocycles. The maximum absolute atomic E-state index is 13.2. The molecule has 4 aromatic heterocycles. The van der Waals surface area contributed by atoms with Gasteiger partial charge in [0.2, 0.25) is 5.91 Å². The van der Waals surface area contributed by atoms with Crippen molar-refractivity contribution in [2.75, 3.05) is 23.3 Å². The molecule has 2 aliphatic rings. The predicted octanol–water partition coefficient (Wildman–Crippen LogP) is 1.99. The van der Waals surface area contributed by atoms with Crippen LogP contribution in [0.25, 0.3) is 22.4 Å². The summed E-state index contributed by atoms with van der Waals surface area (Å²) in [5.74, 6) is 2.29. The van der Waals surface area contributed by atoms with E-state index in [2.05, 4.69) is 25.2 Å². The zero-order valence-electron chi connectivity index (χ0n) is 22.6. The van der Waals surface area contributed by atoms with E-state index in [-0.39, 0.29) is 29.9 Å². The predicted molar refractivity (Wildman–Crippen MR) is 149 cm³/mol. The molecule has 2 fully saturated rings. The van der Waals surface area contributed by atoms with Crippen LogP contribution in [0.1, 0.15) is 32.7 Å². The fourth-order valence-electron chi connectivity index (χ4n) is 5.34. The molecule has 1 amide bonds. The molecule has 3 atom stereocenters. The number of aryl methyl sites for hydroxylation is 1. The summed E-state index contributed by atoms with van der Waals surface area (Å²) >= 11 is 0. The molecule has 1 N–H and O–H groups in total. The van der Waals surface area contributed by atoms with Gasteiger partial charge in [0.15, 0.2) is 16.9 Å². The number of anilines is 2. The van der Waals surface area contributed by atoms with E-state index in [1.54, 1.807) is 32.2 Å². The van der Waals surface area contributed by atoms with Crippen molar-refractivity contribution < 1.29 is 9.59 Å². The Bertz CT molecular complexity index is 1740. The van der Waals surface area contributed by atoms with E-state index >= 15 is 0 Å². The average Bonchev–Trinajstić information content (AvgIpc) is 3.35. The van der Waals surface area contributed by atoms with Gasteiger partial charge in [0, 0.05) is 38.3 Å². The maximum atomic E-state index is 13.2. The van der Waals surface area contributed by atoms with Gasteiger partial charge in [0.05, 0.1) is 18.6 Å². The number of hydrogen-bond donors (Lipinski definition) is 1. The Morgan fingerprint density at radius 3 is 2.58 bits per heavy atom. The summed E-state index contributed by atoms with van der Waals surface area (Å²) in [6, 6.07) is 8.47. The van der Waals surface area contributed by atoms with Crippen LogP contribution < -0.4 is 21.5 Å². The number of pyridine rings is 2. The van der Waals surface area contributed by atoms with Gasteiger partial charge in [-0.3, -0.25) is 23.5 Å². The van der Waals surface area contributed by atoms with Crippen LogP contribution in [0.4, 0.5) is 11.6 Å². The Morgan fingerprint density at radius 1 is 1.10 bits per heavy atom. The zero-order chi connectivity index (χ0) is 28.1. The van der Waals surface area contributed by atoms with Gasteiger partial charge in [-0.2, -0.15) is 0 Å². The van der Waals surface area contributed by atoms with Gasteiger partial charge in [-0.05, 0) is 49.4 Å². The second-order valence-electron chi connectivity index (χ2n) is 10.6. The first kappa shape index (κ1) is 25.7. The minimum Gasteiger partial charge on any atom is -0.356 e. The van der Waals surface area contributed by atoms with Gasteiger partial charge < -0.3 is 14.8 Å². The molecule has 0 spiro atoms. The van der Waals surface area contributed by atoms with E-state index in [0.717, 1.165) is 40.9 Å². The average molecular weight is 543 g/mol. The number of amides is 1. The summed E-state index contributed by atoms with van der Waals surface area (Å²) in [5.41, 5.74) is 0.399. The molecule has 1 saturated heterocycles. The number of ketones is 1. The number of nitrogens with one attached hydrogen (secondary N) is 1. The van der Waals surface area contributed by atoms with Gasteiger partial charge in [-0.15, -0.1) is 0 Å². The molecule has 1 saturated carbocycles. The van der Waals surface area contributed by atoms with E-state index in [0.29, 0.717) is 11.5 Å². The van der Waals surface area contributed by atoms with Crippen molar-refractivity contribution >= 4 is 34.5 Å². The standard InChI is InChI=1S/C28H30N8O4/c1-4-20(37)14-35-27(39)24-25(33(3)28(35)40)30-15-36(24)16(2)26(38)32-22-7-5-6-21(31-22)17-8-9-23(29-11-17)34-12-18-10-19(18)13-34/h5-9,11,15-16,18-19H,4,10,12-14H2,1-3H3,(H,31,32,38). The summed E-state index contributed by atoms with van der Waals surface area (Å²) in [6.07, 6.45) is 4.68. The highest BCUT2D eigenvalue weighted by Crippen LogP contribution is 2.45. The lowest BCUT2D eigenvalue weighted by Gasteiger charge is -2.19. The van der Waals surface area contributed by atoms with Crippen LogP contribution in [0.15, 0.2) is 52.4 Å². The van der Waals surface area contributed by atoms with Gasteiger partial charge in [0.25, 0.3) is 5.56 Å². The lowest BCUT2D eigenvalue weighted by Crippen LogP contribution is -2.41. The third-order valence-corrected chi connectivity index (χ3v) is 7.93. The van der Waals surface area contributed by atoms with Crippen LogP contribution in [-0.4, -0.2) is 53.4 Å². The van der Waals surface area contributed by atoms with Crippen molar-refractivity contribution in [1.29, 1.82) is 0 Å². The highest BCUT2D eigenvalue weighted by molar-refractivity contribution is 5.93. The van der Waals surface area contributed by atoms with Gasteiger partial charge in [-0.1, -0.05) is 13.0 Å². The van der Waals surface area contributed by atoms with Crippen LogP contribution in [0.3, 0.4) is 0 Å². The second kappa shape index (κ2) is 9.85. The fourth-order valence-corrected chi connectivity index (χ4v) is 5.34. The zero-order valence-corrected chi connectivity index (χ0v) is 22.6. The summed E-state index contributed by atoms with van der Waals surface area (Å²) in [6.45, 7) is 5.09. The number of carbonyl (C=O) groups excluding carboxylic acids is 2. The lowest BCUT2D eigenvalue weighted by molar-refractivity contribution is -0.120. The maximum Gasteiger partial charge on any atom is 0.332 e. The minimum absolute atomic E-state index is 0.0665. The van der Waals surface area contributed by atoms with Crippen molar-refractivity contribution in [3.05, 3.63) is 63.7 Å². The first-order valence-electron chi connectivity index (χ1n) is 13.4. The number of hydrogen-bond acceptors (Lipinski definition) is 8. The number of Topliss-reactive ketones (excluding diaryl/α,β-unsaturated/α-hetero) is 1. The van der Waals surface area contributed by atoms with E-state index in [1.165, 1.54) is 28.9 Å². The summed E-state index contributed by atoms with van der Waals surface area (Å²) in [7, 11) is 1.48. The molecule has 0 bridgehead atoms. The molecule has 0 radical (unpaired) electrons. The summed E-state index contributed by atoms with van der Waals surface area (Å²) in [4.78, 5) is 66.9. The molecule has 6 rings (SSSR count). The third kappa shape index (κ3) is 4.48. The largest absolute Gasteiger partial charge is 0.356 e. The van der Waals surface area contributed by atoms with Crippen LogP contribution >= 0.6 is 0 Å². The van der Waals surface area contributed by atoms with Crippen molar-refractivity contribution in [1.82, 2.24) is 28.7 Å². The van der Waals surface area contributed by atoms with Crippen LogP contribution in [0.2, 0.25) is 0 Å². The Kier molecular flexibility index (Phi) is 6.32. The summed E-state index contributed by atoms with van der Waals surface area (Å²) in [5, 5.41) is 2.81. The third-order valence-electron chi connectivity index (χ3n) is 7.93. The van der Waals surface area contributed by atoms with Crippen molar-refractivity contribution in [3.8, 4) is 11.3 Å². The van der Waals surface area contributed by atoms with Gasteiger partial charge in [0.1, 0.15) is 17.7 Å². The normalized spacial score (nSPS) is 18.5. The van der Waals surface area contributed by atoms with E-state index < -0.39 is 23.2 Å². The smallest absolute Gasteiger partial charge is 0.332 e. The molecule has 1 aliphatic heterocycles. The quantitative estimate of drug-likeness (QED) is 0.357. The molecular formula is C28H30N8O4. The number of carbonyl (C=O) groups is 2. The van der Waals surface area contributed by atoms with Crippen LogP contribution in [0.5, 0.6) is 0 Å². The van der Waals surface area contributed by atoms with Crippen molar-refractivity contribution in [2.24, 2.45) is 18.9 Å². The number of aromatic nitrogens is 6. The minimum atomic E-state index is -0.858. The summed E-state index contributed by atoms with van der Waals surface area (Å²) < 4.78 is 3.50. The van der Waals surface area contributed by atoms with Gasteiger partial charge in [-0.25, -0.2) is 19.7 Å². The Balaban J connectivity index is 1.22. The van der Waals surface area contributed by atoms with Crippen molar-refractivity contribution in [2.45, 2.75) is 39.3 Å². The second-order valence-corrected chi connectivity index (χ2v) is 10.6. The first-order valence-corrected chi connectivity index (χ1v) is 13.4. The number of rotatable bonds is 8. The van der Waals surface area contributed by atoms with E-state index in [9.17, 15) is 19.2 Å². The van der Waals surface area contributed by atoms with E-state index in [4.69, 9.17) is 0 Å². The highest BCUT2D eigenvalue weighted by Gasteiger charge is 2.45. The lowest BCUT2D eigenvalue weighted by atomic mass is 10.2. The van der Waals surface area contributed by atoms with Gasteiger partial charge >= 0.3 is 5.69 Å². The molecule has 5 heterocycles. The molecule has 12 nitrogen and oxygen atoms in total. The molecule has 1 aliphatic carbocycles. The number of piperidine rings is 1. The molecule has 206 valence electrons.